The van der Waals surface area contributed by atoms with Crippen LogP contribution in [0.25, 0.3) is 0 Å². The monoisotopic (exact) mass is 428 g/mol. The third-order valence-corrected chi connectivity index (χ3v) is 5.95. The molecule has 0 unspecified atom stereocenters. The number of alkyl halides is 2. The molecular formula is C16H15F3N6O3S. The van der Waals surface area contributed by atoms with E-state index in [0.29, 0.717) is 0 Å². The van der Waals surface area contributed by atoms with E-state index in [-0.39, 0.29) is 16.9 Å². The highest BCUT2D eigenvalue weighted by atomic mass is 32.2. The summed E-state index contributed by atoms with van der Waals surface area (Å²) < 4.78 is 64.2. The van der Waals surface area contributed by atoms with Gasteiger partial charge in [-0.25, -0.2) is 30.9 Å². The molecule has 3 N–H and O–H groups in total. The molecule has 1 saturated heterocycles. The third-order valence-electron chi connectivity index (χ3n) is 4.18. The zero-order chi connectivity index (χ0) is 21.3. The van der Waals surface area contributed by atoms with Crippen LogP contribution in [-0.2, 0) is 10.0 Å². The summed E-state index contributed by atoms with van der Waals surface area (Å²) in [6.07, 6.45) is -1.17. The van der Waals surface area contributed by atoms with Crippen molar-refractivity contribution in [3.05, 3.63) is 53.4 Å². The molecule has 0 spiro atoms. The van der Waals surface area contributed by atoms with Gasteiger partial charge in [-0.05, 0) is 18.2 Å². The minimum atomic E-state index is -3.80. The van der Waals surface area contributed by atoms with Crippen molar-refractivity contribution < 1.29 is 26.4 Å². The van der Waals surface area contributed by atoms with Gasteiger partial charge in [0.05, 0.1) is 24.2 Å². The lowest BCUT2D eigenvalue weighted by Crippen LogP contribution is -2.52. The first-order chi connectivity index (χ1) is 13.6. The molecule has 1 aliphatic rings. The molecule has 1 aromatic carbocycles. The smallest absolute Gasteiger partial charge is 0.281 e. The lowest BCUT2D eigenvalue weighted by atomic mass is 10.1. The van der Waals surface area contributed by atoms with Crippen LogP contribution in [0.15, 0.2) is 30.6 Å². The van der Waals surface area contributed by atoms with Crippen LogP contribution >= 0.6 is 0 Å². The molecule has 1 aliphatic heterocycles. The number of nitrogens with one attached hydrogen (secondary N) is 3. The van der Waals surface area contributed by atoms with Crippen molar-refractivity contribution in [2.24, 2.45) is 0 Å². The molecule has 29 heavy (non-hydrogen) atoms. The maximum absolute atomic E-state index is 14.3. The van der Waals surface area contributed by atoms with Crippen molar-refractivity contribution in [3.8, 4) is 0 Å². The van der Waals surface area contributed by atoms with Crippen LogP contribution in [0.1, 0.15) is 34.2 Å². The van der Waals surface area contributed by atoms with Gasteiger partial charge in [-0.1, -0.05) is 0 Å². The van der Waals surface area contributed by atoms with E-state index in [1.54, 1.807) is 0 Å². The molecular weight excluding hydrogens is 413 g/mol. The third kappa shape index (κ3) is 4.29. The lowest BCUT2D eigenvalue weighted by molar-refractivity contribution is 0.102. The van der Waals surface area contributed by atoms with Gasteiger partial charge in [0.2, 0.25) is 16.0 Å². The summed E-state index contributed by atoms with van der Waals surface area (Å²) in [4.78, 5) is 19.3. The minimum absolute atomic E-state index is 0.0663. The molecule has 0 saturated carbocycles. The van der Waals surface area contributed by atoms with Crippen molar-refractivity contribution in [2.45, 2.75) is 12.5 Å². The number of amides is 1. The Morgan fingerprint density at radius 2 is 2.07 bits per heavy atom. The number of anilines is 1. The Bertz CT molecular complexity index is 1060. The van der Waals surface area contributed by atoms with Crippen LogP contribution in [0.5, 0.6) is 0 Å². The van der Waals surface area contributed by atoms with E-state index in [1.165, 1.54) is 19.2 Å². The van der Waals surface area contributed by atoms with Crippen LogP contribution in [0.4, 0.5) is 18.9 Å². The first kappa shape index (κ1) is 20.5. The zero-order valence-corrected chi connectivity index (χ0v) is 15.7. The van der Waals surface area contributed by atoms with Gasteiger partial charge in [0.15, 0.2) is 0 Å². The number of halogens is 3. The molecule has 1 amide bonds. The largest absolute Gasteiger partial charge is 0.348 e. The molecule has 2 heterocycles. The van der Waals surface area contributed by atoms with Gasteiger partial charge in [0.25, 0.3) is 12.3 Å². The fraction of sp³-hybridized carbons (Fsp3) is 0.250. The zero-order valence-electron chi connectivity index (χ0n) is 14.9. The average Bonchev–Trinajstić information content (AvgIpc) is 2.67. The van der Waals surface area contributed by atoms with E-state index in [4.69, 9.17) is 5.41 Å². The number of carbonyl (C=O) groups is 1. The Hall–Kier alpha value is -3.22. The van der Waals surface area contributed by atoms with Crippen molar-refractivity contribution in [1.82, 2.24) is 19.6 Å². The van der Waals surface area contributed by atoms with Gasteiger partial charge in [-0.3, -0.25) is 15.2 Å². The molecule has 9 nitrogen and oxygen atoms in total. The van der Waals surface area contributed by atoms with Gasteiger partial charge in [-0.15, -0.1) is 0 Å². The number of aromatic nitrogens is 2. The SMILES string of the molecule is CN1C(=N)N[C@H](c2cc(NC(=O)c3cnc(C(F)F)cn3)ccc2F)CS1(=O)=O. The summed E-state index contributed by atoms with van der Waals surface area (Å²) in [5, 5.41) is 12.7. The quantitative estimate of drug-likeness (QED) is 0.679. The highest BCUT2D eigenvalue weighted by molar-refractivity contribution is 7.89. The molecule has 2 aromatic rings. The van der Waals surface area contributed by atoms with Gasteiger partial charge >= 0.3 is 0 Å². The summed E-state index contributed by atoms with van der Waals surface area (Å²) in [6, 6.07) is 2.46. The minimum Gasteiger partial charge on any atom is -0.348 e. The fourth-order valence-corrected chi connectivity index (χ4v) is 3.82. The summed E-state index contributed by atoms with van der Waals surface area (Å²) in [6.45, 7) is 0. The number of hydrogen-bond donors (Lipinski definition) is 3. The molecule has 1 fully saturated rings. The Kier molecular flexibility index (Phi) is 5.42. The summed E-state index contributed by atoms with van der Waals surface area (Å²) >= 11 is 0. The second kappa shape index (κ2) is 7.66. The predicted molar refractivity (Wildman–Crippen MR) is 96.5 cm³/mol. The van der Waals surface area contributed by atoms with Crippen molar-refractivity contribution in [2.75, 3.05) is 18.1 Å². The normalized spacial score (nSPS) is 18.4. The summed E-state index contributed by atoms with van der Waals surface area (Å²) in [5.74, 6) is -2.40. The predicted octanol–water partition coefficient (Wildman–Crippen LogP) is 1.65. The highest BCUT2D eigenvalue weighted by Crippen LogP contribution is 2.26. The van der Waals surface area contributed by atoms with Crippen LogP contribution in [0, 0.1) is 11.2 Å². The van der Waals surface area contributed by atoms with E-state index < -0.39 is 51.6 Å². The van der Waals surface area contributed by atoms with Crippen molar-refractivity contribution in [3.63, 3.8) is 0 Å². The van der Waals surface area contributed by atoms with E-state index >= 15 is 0 Å². The number of sulfonamides is 1. The number of benzene rings is 1. The fourth-order valence-electron chi connectivity index (χ4n) is 2.58. The number of rotatable bonds is 4. The summed E-state index contributed by atoms with van der Waals surface area (Å²) in [5.41, 5.74) is -0.760. The number of carbonyl (C=O) groups excluding carboxylic acids is 1. The number of guanidine groups is 1. The van der Waals surface area contributed by atoms with Gasteiger partial charge < -0.3 is 10.6 Å². The van der Waals surface area contributed by atoms with E-state index in [0.717, 1.165) is 22.8 Å². The molecule has 3 rings (SSSR count). The van der Waals surface area contributed by atoms with Gasteiger partial charge in [0.1, 0.15) is 17.2 Å². The molecule has 1 atom stereocenters. The molecule has 13 heteroatoms. The first-order valence-electron chi connectivity index (χ1n) is 8.11. The van der Waals surface area contributed by atoms with Gasteiger partial charge in [-0.2, -0.15) is 0 Å². The maximum Gasteiger partial charge on any atom is 0.281 e. The molecule has 0 aliphatic carbocycles. The first-order valence-corrected chi connectivity index (χ1v) is 9.72. The number of nitrogens with zero attached hydrogens (tertiary/aromatic N) is 3. The average molecular weight is 428 g/mol. The number of hydrogen-bond acceptors (Lipinski definition) is 6. The van der Waals surface area contributed by atoms with Crippen LogP contribution in [0.2, 0.25) is 0 Å². The Morgan fingerprint density at radius 3 is 2.66 bits per heavy atom. The van der Waals surface area contributed by atoms with Crippen molar-refractivity contribution in [1.29, 1.82) is 5.41 Å². The molecule has 1 aromatic heterocycles. The second-order valence-corrected chi connectivity index (χ2v) is 8.15. The van der Waals surface area contributed by atoms with Crippen LogP contribution < -0.4 is 10.6 Å². The molecule has 0 bridgehead atoms. The Balaban J connectivity index is 1.82. The lowest BCUT2D eigenvalue weighted by Gasteiger charge is -2.32. The van der Waals surface area contributed by atoms with E-state index in [2.05, 4.69) is 20.6 Å². The summed E-state index contributed by atoms with van der Waals surface area (Å²) in [7, 11) is -2.60. The topological polar surface area (TPSA) is 128 Å². The van der Waals surface area contributed by atoms with Crippen LogP contribution in [-0.4, -0.2) is 47.4 Å². The maximum atomic E-state index is 14.3. The Morgan fingerprint density at radius 1 is 1.34 bits per heavy atom. The molecule has 0 radical (unpaired) electrons. The van der Waals surface area contributed by atoms with Crippen LogP contribution in [0.3, 0.4) is 0 Å². The molecule has 154 valence electrons. The standard InChI is InChI=1S/C16H15F3N6O3S/c1-25-16(20)24-13(7-29(25,27)28)9-4-8(2-3-10(9)17)23-15(26)12-6-21-11(5-22-12)14(18)19/h2-6,13-14H,7H2,1H3,(H2,20,24)(H,23,26)/t13-/m0/s1. The second-order valence-electron chi connectivity index (χ2n) is 6.11. The Labute approximate surface area is 163 Å². The van der Waals surface area contributed by atoms with Gasteiger partial charge in [0, 0.05) is 18.3 Å². The van der Waals surface area contributed by atoms with E-state index in [9.17, 15) is 26.4 Å². The van der Waals surface area contributed by atoms with E-state index in [1.807, 2.05) is 0 Å². The highest BCUT2D eigenvalue weighted by Gasteiger charge is 2.34. The van der Waals surface area contributed by atoms with Crippen molar-refractivity contribution >= 4 is 27.6 Å².